The number of carbonyl (C=O) groups is 2. The summed E-state index contributed by atoms with van der Waals surface area (Å²) >= 11 is 4.86. The second kappa shape index (κ2) is 7.46. The van der Waals surface area contributed by atoms with Crippen molar-refractivity contribution in [1.82, 2.24) is 9.88 Å². The first-order valence-electron chi connectivity index (χ1n) is 8.19. The summed E-state index contributed by atoms with van der Waals surface area (Å²) in [7, 11) is 0. The third kappa shape index (κ3) is 3.56. The number of pyridine rings is 1. The van der Waals surface area contributed by atoms with Crippen LogP contribution in [-0.4, -0.2) is 21.7 Å². The summed E-state index contributed by atoms with van der Waals surface area (Å²) in [5.74, 6) is -0.628. The van der Waals surface area contributed by atoms with E-state index in [0.717, 1.165) is 20.6 Å². The molecule has 0 atom stereocenters. The van der Waals surface area contributed by atoms with Crippen LogP contribution in [0.25, 0.3) is 5.57 Å². The molecule has 5 nitrogen and oxygen atoms in total. The number of nitrogens with zero attached hydrogens (tertiary/aromatic N) is 2. The van der Waals surface area contributed by atoms with Crippen molar-refractivity contribution < 1.29 is 9.59 Å². The van der Waals surface area contributed by atoms with E-state index in [1.807, 2.05) is 41.8 Å². The Bertz CT molecular complexity index is 1030. The Kier molecular flexibility index (Phi) is 4.87. The third-order valence-electron chi connectivity index (χ3n) is 4.12. The molecule has 0 fully saturated rings. The predicted octanol–water partition coefficient (Wildman–Crippen LogP) is 4.30. The number of halogens is 1. The number of nitrogens with one attached hydrogen (secondary N) is 1. The highest BCUT2D eigenvalue weighted by molar-refractivity contribution is 9.10. The van der Waals surface area contributed by atoms with Crippen LogP contribution in [0.15, 0.2) is 76.5 Å². The molecule has 1 aliphatic rings. The summed E-state index contributed by atoms with van der Waals surface area (Å²) in [5.41, 5.74) is 2.29. The lowest BCUT2D eigenvalue weighted by Gasteiger charge is -2.15. The van der Waals surface area contributed by atoms with Crippen LogP contribution in [0.1, 0.15) is 10.4 Å². The zero-order valence-corrected chi connectivity index (χ0v) is 16.5. The highest BCUT2D eigenvalue weighted by Gasteiger charge is 2.39. The van der Waals surface area contributed by atoms with Gasteiger partial charge in [-0.15, -0.1) is 11.3 Å². The molecule has 27 heavy (non-hydrogen) atoms. The fourth-order valence-electron chi connectivity index (χ4n) is 2.87. The Morgan fingerprint density at radius 3 is 2.56 bits per heavy atom. The lowest BCUT2D eigenvalue weighted by Crippen LogP contribution is -2.31. The highest BCUT2D eigenvalue weighted by Crippen LogP contribution is 2.33. The standard InChI is InChI=1S/C20H14BrN3O2S/c21-14-3-1-4-15(11-14)23-18-17(16-5-2-10-27-16)19(25)24(20(18)26)12-13-6-8-22-9-7-13/h1-11,23H,12H2. The number of amides is 2. The summed E-state index contributed by atoms with van der Waals surface area (Å²) in [5, 5.41) is 5.04. The minimum absolute atomic E-state index is 0.207. The van der Waals surface area contributed by atoms with Gasteiger partial charge in [0.2, 0.25) is 0 Å². The number of carbonyl (C=O) groups excluding carboxylic acids is 2. The van der Waals surface area contributed by atoms with Gasteiger partial charge in [-0.1, -0.05) is 28.1 Å². The van der Waals surface area contributed by atoms with E-state index >= 15 is 0 Å². The smallest absolute Gasteiger partial charge is 0.278 e. The predicted molar refractivity (Wildman–Crippen MR) is 109 cm³/mol. The SMILES string of the molecule is O=C1C(Nc2cccc(Br)c2)=C(c2cccs2)C(=O)N1Cc1ccncc1. The first-order valence-corrected chi connectivity index (χ1v) is 9.86. The zero-order chi connectivity index (χ0) is 18.8. The van der Waals surface area contributed by atoms with Crippen LogP contribution in [0, 0.1) is 0 Å². The zero-order valence-electron chi connectivity index (χ0n) is 14.1. The average Bonchev–Trinajstić information content (AvgIpc) is 3.26. The normalized spacial score (nSPS) is 14.2. The summed E-state index contributed by atoms with van der Waals surface area (Å²) in [6.45, 7) is 0.207. The number of hydrogen-bond donors (Lipinski definition) is 1. The quantitative estimate of drug-likeness (QED) is 0.602. The van der Waals surface area contributed by atoms with Gasteiger partial charge in [0.15, 0.2) is 0 Å². The van der Waals surface area contributed by atoms with Gasteiger partial charge in [-0.3, -0.25) is 19.5 Å². The second-order valence-corrected chi connectivity index (χ2v) is 7.78. The molecule has 134 valence electrons. The molecule has 0 saturated carbocycles. The Labute approximate surface area is 168 Å². The summed E-state index contributed by atoms with van der Waals surface area (Å²) < 4.78 is 0.885. The molecule has 0 aliphatic carbocycles. The van der Waals surface area contributed by atoms with Crippen LogP contribution in [0.3, 0.4) is 0 Å². The van der Waals surface area contributed by atoms with E-state index in [4.69, 9.17) is 0 Å². The lowest BCUT2D eigenvalue weighted by atomic mass is 10.2. The molecule has 3 aromatic rings. The molecule has 4 rings (SSSR count). The molecular weight excluding hydrogens is 426 g/mol. The average molecular weight is 440 g/mol. The number of anilines is 1. The van der Waals surface area contributed by atoms with Gasteiger partial charge in [0.05, 0.1) is 12.1 Å². The molecular formula is C20H14BrN3O2S. The summed E-state index contributed by atoms with van der Waals surface area (Å²) in [6.07, 6.45) is 3.29. The molecule has 1 N–H and O–H groups in total. The maximum Gasteiger partial charge on any atom is 0.278 e. The van der Waals surface area contributed by atoms with Crippen LogP contribution in [0.2, 0.25) is 0 Å². The van der Waals surface area contributed by atoms with E-state index in [1.165, 1.54) is 16.2 Å². The molecule has 7 heteroatoms. The van der Waals surface area contributed by atoms with Gasteiger partial charge in [-0.25, -0.2) is 0 Å². The van der Waals surface area contributed by atoms with E-state index in [0.29, 0.717) is 11.3 Å². The fraction of sp³-hybridized carbons (Fsp3) is 0.0500. The number of benzene rings is 1. The number of hydrogen-bond acceptors (Lipinski definition) is 5. The van der Waals surface area contributed by atoms with Gasteiger partial charge in [0, 0.05) is 27.4 Å². The molecule has 0 saturated heterocycles. The van der Waals surface area contributed by atoms with Crippen molar-refractivity contribution in [2.45, 2.75) is 6.54 Å². The van der Waals surface area contributed by atoms with Crippen molar-refractivity contribution in [2.75, 3.05) is 5.32 Å². The summed E-state index contributed by atoms with van der Waals surface area (Å²) in [6, 6.07) is 14.8. The molecule has 2 amide bonds. The molecule has 0 bridgehead atoms. The van der Waals surface area contributed by atoms with Crippen LogP contribution in [0.4, 0.5) is 5.69 Å². The van der Waals surface area contributed by atoms with Gasteiger partial charge in [-0.2, -0.15) is 0 Å². The fourth-order valence-corrected chi connectivity index (χ4v) is 4.03. The third-order valence-corrected chi connectivity index (χ3v) is 5.50. The largest absolute Gasteiger partial charge is 0.350 e. The van der Waals surface area contributed by atoms with Crippen LogP contribution in [-0.2, 0) is 16.1 Å². The molecule has 1 aromatic carbocycles. The van der Waals surface area contributed by atoms with E-state index in [-0.39, 0.29) is 18.4 Å². The van der Waals surface area contributed by atoms with E-state index in [1.54, 1.807) is 24.5 Å². The second-order valence-electron chi connectivity index (χ2n) is 5.91. The summed E-state index contributed by atoms with van der Waals surface area (Å²) in [4.78, 5) is 32.2. The van der Waals surface area contributed by atoms with Gasteiger partial charge in [0.25, 0.3) is 11.8 Å². The van der Waals surface area contributed by atoms with Gasteiger partial charge in [-0.05, 0) is 47.3 Å². The van der Waals surface area contributed by atoms with E-state index < -0.39 is 0 Å². The van der Waals surface area contributed by atoms with Crippen molar-refractivity contribution in [3.8, 4) is 0 Å². The van der Waals surface area contributed by atoms with Gasteiger partial charge >= 0.3 is 0 Å². The molecule has 0 radical (unpaired) electrons. The molecule has 0 spiro atoms. The molecule has 1 aliphatic heterocycles. The maximum absolute atomic E-state index is 13.1. The monoisotopic (exact) mass is 439 g/mol. The lowest BCUT2D eigenvalue weighted by molar-refractivity contribution is -0.137. The number of imide groups is 1. The number of thiophene rings is 1. The Morgan fingerprint density at radius 1 is 1.04 bits per heavy atom. The van der Waals surface area contributed by atoms with Crippen molar-refractivity contribution in [2.24, 2.45) is 0 Å². The Hall–Kier alpha value is -2.77. The minimum atomic E-state index is -0.333. The van der Waals surface area contributed by atoms with Crippen LogP contribution in [0.5, 0.6) is 0 Å². The molecule has 0 unspecified atom stereocenters. The van der Waals surface area contributed by atoms with Gasteiger partial charge < -0.3 is 5.32 Å². The first kappa shape index (κ1) is 17.6. The van der Waals surface area contributed by atoms with Gasteiger partial charge in [0.1, 0.15) is 5.70 Å². The van der Waals surface area contributed by atoms with Crippen LogP contribution >= 0.6 is 27.3 Å². The van der Waals surface area contributed by atoms with Crippen molar-refractivity contribution in [1.29, 1.82) is 0 Å². The minimum Gasteiger partial charge on any atom is -0.350 e. The van der Waals surface area contributed by atoms with Crippen molar-refractivity contribution >= 4 is 50.3 Å². The first-order chi connectivity index (χ1) is 13.1. The van der Waals surface area contributed by atoms with Crippen molar-refractivity contribution in [3.05, 3.63) is 86.9 Å². The topological polar surface area (TPSA) is 62.3 Å². The maximum atomic E-state index is 13.1. The van der Waals surface area contributed by atoms with Crippen molar-refractivity contribution in [3.63, 3.8) is 0 Å². The highest BCUT2D eigenvalue weighted by atomic mass is 79.9. The van der Waals surface area contributed by atoms with E-state index in [2.05, 4.69) is 26.2 Å². The van der Waals surface area contributed by atoms with E-state index in [9.17, 15) is 9.59 Å². The van der Waals surface area contributed by atoms with Crippen LogP contribution < -0.4 is 5.32 Å². The Balaban J connectivity index is 1.72. The molecule has 2 aromatic heterocycles. The molecule has 3 heterocycles. The Morgan fingerprint density at radius 2 is 1.85 bits per heavy atom. The number of rotatable bonds is 5. The number of aromatic nitrogens is 1.